The Balaban J connectivity index is 2.72. The zero-order chi connectivity index (χ0) is 20.6. The lowest BCUT2D eigenvalue weighted by Gasteiger charge is -2.33. The summed E-state index contributed by atoms with van der Waals surface area (Å²) in [5, 5.41) is 11.4. The maximum atomic E-state index is 12.1. The molecule has 0 amide bonds. The quantitative estimate of drug-likeness (QED) is 0.426. The Hall–Kier alpha value is -2.37. The number of hydrogen-bond acceptors (Lipinski definition) is 5. The van der Waals surface area contributed by atoms with Crippen molar-refractivity contribution >= 4 is 12.0 Å². The molecule has 0 fully saturated rings. The van der Waals surface area contributed by atoms with Crippen molar-refractivity contribution in [1.29, 1.82) is 0 Å². The van der Waals surface area contributed by atoms with Crippen molar-refractivity contribution in [2.75, 3.05) is 6.61 Å². The van der Waals surface area contributed by atoms with Crippen molar-refractivity contribution < 1.29 is 19.2 Å². The molecular formula is C21H29NO5. The molecule has 148 valence electrons. The van der Waals surface area contributed by atoms with Crippen molar-refractivity contribution in [2.45, 2.75) is 71.8 Å². The lowest BCUT2D eigenvalue weighted by molar-refractivity contribution is -0.466. The molecule has 1 aliphatic heterocycles. The highest BCUT2D eigenvalue weighted by Crippen LogP contribution is 2.42. The van der Waals surface area contributed by atoms with Gasteiger partial charge in [0.1, 0.15) is 11.0 Å². The third-order valence-electron chi connectivity index (χ3n) is 4.59. The normalized spacial score (nSPS) is 16.9. The number of esters is 1. The predicted molar refractivity (Wildman–Crippen MR) is 104 cm³/mol. The molecule has 0 aliphatic carbocycles. The minimum atomic E-state index is -0.743. The van der Waals surface area contributed by atoms with E-state index in [1.807, 2.05) is 6.07 Å². The first-order valence-electron chi connectivity index (χ1n) is 9.22. The molecule has 1 aliphatic rings. The summed E-state index contributed by atoms with van der Waals surface area (Å²) in [6, 6.07) is 4.10. The smallest absolute Gasteiger partial charge is 0.429 e. The largest absolute Gasteiger partial charge is 0.466 e. The highest BCUT2D eigenvalue weighted by Gasteiger charge is 2.36. The van der Waals surface area contributed by atoms with Crippen molar-refractivity contribution in [3.63, 3.8) is 0 Å². The fraction of sp³-hybridized carbons (Fsp3) is 0.571. The molecule has 1 aromatic carbocycles. The highest BCUT2D eigenvalue weighted by atomic mass is 16.7. The minimum absolute atomic E-state index is 0.0655. The van der Waals surface area contributed by atoms with Crippen LogP contribution in [0.2, 0.25) is 0 Å². The van der Waals surface area contributed by atoms with Crippen LogP contribution >= 0.6 is 0 Å². The second kappa shape index (κ2) is 7.33. The summed E-state index contributed by atoms with van der Waals surface area (Å²) in [5.41, 5.74) is 3.34. The van der Waals surface area contributed by atoms with Gasteiger partial charge in [0.15, 0.2) is 0 Å². The van der Waals surface area contributed by atoms with Gasteiger partial charge < -0.3 is 9.47 Å². The van der Waals surface area contributed by atoms with Gasteiger partial charge in [-0.1, -0.05) is 53.7 Å². The average Bonchev–Trinajstić information content (AvgIpc) is 2.51. The van der Waals surface area contributed by atoms with Gasteiger partial charge in [-0.3, -0.25) is 14.9 Å². The molecule has 0 saturated carbocycles. The molecule has 0 bridgehead atoms. The van der Waals surface area contributed by atoms with Crippen LogP contribution in [0.3, 0.4) is 0 Å². The summed E-state index contributed by atoms with van der Waals surface area (Å²) >= 11 is 0. The fourth-order valence-corrected chi connectivity index (χ4v) is 3.19. The molecule has 0 radical (unpaired) electrons. The summed E-state index contributed by atoms with van der Waals surface area (Å²) in [6.07, 6.45) is 0.651. The molecule has 6 nitrogen and oxygen atoms in total. The van der Waals surface area contributed by atoms with Gasteiger partial charge in [0.2, 0.25) is 0 Å². The van der Waals surface area contributed by atoms with Crippen LogP contribution in [0, 0.1) is 10.1 Å². The van der Waals surface area contributed by atoms with Gasteiger partial charge in [0.25, 0.3) is 0 Å². The van der Waals surface area contributed by atoms with E-state index in [1.165, 1.54) is 6.08 Å². The molecule has 2 rings (SSSR count). The molecule has 27 heavy (non-hydrogen) atoms. The topological polar surface area (TPSA) is 78.7 Å². The van der Waals surface area contributed by atoms with E-state index in [0.717, 1.165) is 22.3 Å². The number of ether oxygens (including phenoxy) is 2. The van der Waals surface area contributed by atoms with Crippen LogP contribution in [-0.4, -0.2) is 17.5 Å². The van der Waals surface area contributed by atoms with E-state index >= 15 is 0 Å². The Morgan fingerprint density at radius 1 is 1.19 bits per heavy atom. The Labute approximate surface area is 160 Å². The second-order valence-electron chi connectivity index (χ2n) is 8.88. The number of carbonyl (C=O) groups is 1. The van der Waals surface area contributed by atoms with Gasteiger partial charge in [0.05, 0.1) is 19.1 Å². The number of hydrogen-bond donors (Lipinski definition) is 0. The molecule has 0 aromatic heterocycles. The standard InChI is InChI=1S/C21H29NO5/c1-8-26-18(23)12-16-19-13(10-17(27-16)22(24)25)9-14(20(2,3)4)11-15(19)21(5,6)7/h9-11,16H,8,12H2,1-7H3/t16-/m1/s1. The first kappa shape index (κ1) is 20.9. The summed E-state index contributed by atoms with van der Waals surface area (Å²) < 4.78 is 10.7. The Bertz CT molecular complexity index is 781. The monoisotopic (exact) mass is 375 g/mol. The molecule has 0 spiro atoms. The SMILES string of the molecule is CCOC(=O)C[C@H]1OC([N+](=O)[O-])=Cc2cc(C(C)(C)C)cc(C(C)(C)C)c21. The van der Waals surface area contributed by atoms with Crippen LogP contribution in [-0.2, 0) is 25.1 Å². The van der Waals surface area contributed by atoms with E-state index in [0.29, 0.717) is 0 Å². The zero-order valence-corrected chi connectivity index (χ0v) is 17.2. The van der Waals surface area contributed by atoms with Crippen molar-refractivity contribution in [1.82, 2.24) is 0 Å². The van der Waals surface area contributed by atoms with E-state index < -0.39 is 17.0 Å². The third-order valence-corrected chi connectivity index (χ3v) is 4.59. The maximum absolute atomic E-state index is 12.1. The van der Waals surface area contributed by atoms with E-state index in [-0.39, 0.29) is 29.7 Å². The van der Waals surface area contributed by atoms with Crippen LogP contribution in [0.15, 0.2) is 18.0 Å². The second-order valence-corrected chi connectivity index (χ2v) is 8.88. The van der Waals surface area contributed by atoms with Crippen LogP contribution < -0.4 is 0 Å². The Morgan fingerprint density at radius 2 is 1.81 bits per heavy atom. The maximum Gasteiger partial charge on any atom is 0.429 e. The third kappa shape index (κ3) is 4.67. The molecular weight excluding hydrogens is 346 g/mol. The fourth-order valence-electron chi connectivity index (χ4n) is 3.19. The van der Waals surface area contributed by atoms with Crippen LogP contribution in [0.4, 0.5) is 0 Å². The number of carbonyl (C=O) groups excluding carboxylic acids is 1. The van der Waals surface area contributed by atoms with E-state index in [2.05, 4.69) is 47.6 Å². The number of nitro groups is 1. The number of rotatable bonds is 4. The molecule has 1 atom stereocenters. The van der Waals surface area contributed by atoms with Gasteiger partial charge in [-0.15, -0.1) is 0 Å². The first-order valence-corrected chi connectivity index (χ1v) is 9.22. The van der Waals surface area contributed by atoms with Crippen molar-refractivity contribution in [3.8, 4) is 0 Å². The Morgan fingerprint density at radius 3 is 2.30 bits per heavy atom. The molecule has 0 unspecified atom stereocenters. The molecule has 1 heterocycles. The average molecular weight is 375 g/mol. The van der Waals surface area contributed by atoms with E-state index in [1.54, 1.807) is 6.92 Å². The molecule has 1 aromatic rings. The summed E-state index contributed by atoms with van der Waals surface area (Å²) in [5.74, 6) is -0.777. The van der Waals surface area contributed by atoms with Gasteiger partial charge in [-0.25, -0.2) is 0 Å². The van der Waals surface area contributed by atoms with E-state index in [9.17, 15) is 14.9 Å². The van der Waals surface area contributed by atoms with Crippen LogP contribution in [0.25, 0.3) is 6.08 Å². The van der Waals surface area contributed by atoms with Gasteiger partial charge in [-0.2, -0.15) is 0 Å². The number of nitrogens with zero attached hydrogens (tertiary/aromatic N) is 1. The minimum Gasteiger partial charge on any atom is -0.466 e. The predicted octanol–water partition coefficient (Wildman–Crippen LogP) is 4.88. The highest BCUT2D eigenvalue weighted by molar-refractivity contribution is 5.72. The summed E-state index contributed by atoms with van der Waals surface area (Å²) in [6.45, 7) is 14.6. The van der Waals surface area contributed by atoms with Gasteiger partial charge in [-0.05, 0) is 34.4 Å². The zero-order valence-electron chi connectivity index (χ0n) is 17.2. The van der Waals surface area contributed by atoms with Gasteiger partial charge in [0, 0.05) is 5.56 Å². The number of fused-ring (bicyclic) bond motifs is 1. The van der Waals surface area contributed by atoms with Crippen LogP contribution in [0.5, 0.6) is 0 Å². The number of benzene rings is 1. The van der Waals surface area contributed by atoms with E-state index in [4.69, 9.17) is 9.47 Å². The lowest BCUT2D eigenvalue weighted by Crippen LogP contribution is -2.26. The Kier molecular flexibility index (Phi) is 5.68. The van der Waals surface area contributed by atoms with Crippen molar-refractivity contribution in [3.05, 3.63) is 50.4 Å². The molecule has 0 saturated heterocycles. The lowest BCUT2D eigenvalue weighted by atomic mass is 9.75. The van der Waals surface area contributed by atoms with Crippen molar-refractivity contribution in [2.24, 2.45) is 0 Å². The molecule has 0 N–H and O–H groups in total. The van der Waals surface area contributed by atoms with Gasteiger partial charge >= 0.3 is 11.9 Å². The molecule has 6 heteroatoms. The van der Waals surface area contributed by atoms with Crippen LogP contribution in [0.1, 0.15) is 83.2 Å². The summed E-state index contributed by atoms with van der Waals surface area (Å²) in [4.78, 5) is 22.9. The summed E-state index contributed by atoms with van der Waals surface area (Å²) in [7, 11) is 0. The first-order chi connectivity index (χ1) is 12.3.